The Morgan fingerprint density at radius 1 is 0.977 bits per heavy atom. The van der Waals surface area contributed by atoms with Crippen LogP contribution in [0.4, 0.5) is 0 Å². The van der Waals surface area contributed by atoms with Gasteiger partial charge < -0.3 is 23.8 Å². The summed E-state index contributed by atoms with van der Waals surface area (Å²) in [7, 11) is 4.83. The molecule has 10 heteroatoms. The van der Waals surface area contributed by atoms with Gasteiger partial charge in [0.2, 0.25) is 5.91 Å². The zero-order chi connectivity index (χ0) is 30.2. The van der Waals surface area contributed by atoms with Crippen molar-refractivity contribution in [1.82, 2.24) is 20.1 Å². The molecule has 6 rings (SSSR count). The number of ether oxygens (including phenoxy) is 4. The van der Waals surface area contributed by atoms with Crippen molar-refractivity contribution in [3.63, 3.8) is 0 Å². The Hall–Kier alpha value is -5.12. The molecular weight excluding hydrogens is 548 g/mol. The molecule has 0 bridgehead atoms. The first-order valence-corrected chi connectivity index (χ1v) is 14.0. The van der Waals surface area contributed by atoms with Gasteiger partial charge in [0.1, 0.15) is 23.6 Å². The molecule has 2 aromatic heterocycles. The molecule has 0 saturated carbocycles. The molecule has 43 heavy (non-hydrogen) atoms. The molecule has 10 nitrogen and oxygen atoms in total. The van der Waals surface area contributed by atoms with E-state index in [4.69, 9.17) is 23.9 Å². The molecule has 0 saturated heterocycles. The maximum absolute atomic E-state index is 13.9. The summed E-state index contributed by atoms with van der Waals surface area (Å²) in [5.41, 5.74) is 4.31. The lowest BCUT2D eigenvalue weighted by Crippen LogP contribution is -2.36. The van der Waals surface area contributed by atoms with Crippen molar-refractivity contribution in [3.05, 3.63) is 81.8 Å². The molecule has 0 spiro atoms. The summed E-state index contributed by atoms with van der Waals surface area (Å²) in [6.45, 7) is 4.81. The molecule has 0 fully saturated rings. The standard InChI is InChI=1S/C33H32N4O6/c1-18-12-26(34-30-25(18)15-22(40-3)16-27(30)41-4)20-13-21-17-37(10-11-43-31(21)28(14-20)42-5)33(39)19(2)29-23-8-6-7-9-24(23)32(38)36-35-29/h6-9,12-16,19H,10-11,17H2,1-5H3,(H,36,38)/t19-/m1/s1. The maximum atomic E-state index is 13.9. The van der Waals surface area contributed by atoms with Crippen molar-refractivity contribution < 1.29 is 23.7 Å². The van der Waals surface area contributed by atoms with E-state index in [0.717, 1.165) is 33.3 Å². The number of amides is 1. The molecule has 3 heterocycles. The monoisotopic (exact) mass is 580 g/mol. The summed E-state index contributed by atoms with van der Waals surface area (Å²) in [6, 6.07) is 16.8. The third-order valence-corrected chi connectivity index (χ3v) is 7.95. The van der Waals surface area contributed by atoms with Gasteiger partial charge in [-0.3, -0.25) is 9.59 Å². The molecule has 1 amide bonds. The third-order valence-electron chi connectivity index (χ3n) is 7.95. The SMILES string of the molecule is COc1cc(OC)c2nc(-c3cc4c(c(OC)c3)OCCN(C(=O)[C@H](C)c3n[nH]c(=O)c5ccccc35)C4)cc(C)c2c1. The van der Waals surface area contributed by atoms with Gasteiger partial charge in [0.15, 0.2) is 11.5 Å². The number of H-pyrrole nitrogens is 1. The quantitative estimate of drug-likeness (QED) is 0.299. The fourth-order valence-corrected chi connectivity index (χ4v) is 5.68. The lowest BCUT2D eigenvalue weighted by molar-refractivity contribution is -0.133. The van der Waals surface area contributed by atoms with E-state index in [2.05, 4.69) is 10.2 Å². The minimum absolute atomic E-state index is 0.121. The van der Waals surface area contributed by atoms with E-state index in [1.807, 2.05) is 56.3 Å². The van der Waals surface area contributed by atoms with Crippen molar-refractivity contribution >= 4 is 27.6 Å². The number of rotatable bonds is 6. The van der Waals surface area contributed by atoms with Crippen molar-refractivity contribution in [3.8, 4) is 34.3 Å². The van der Waals surface area contributed by atoms with Gasteiger partial charge in [-0.1, -0.05) is 18.2 Å². The summed E-state index contributed by atoms with van der Waals surface area (Å²) in [5.74, 6) is 1.74. The van der Waals surface area contributed by atoms with E-state index in [0.29, 0.717) is 59.2 Å². The predicted molar refractivity (Wildman–Crippen MR) is 163 cm³/mol. The number of nitrogens with one attached hydrogen (secondary N) is 1. The molecular formula is C33H32N4O6. The zero-order valence-corrected chi connectivity index (χ0v) is 24.7. The normalized spacial score (nSPS) is 13.7. The highest BCUT2D eigenvalue weighted by Crippen LogP contribution is 2.40. The van der Waals surface area contributed by atoms with Crippen LogP contribution in [0.15, 0.2) is 59.4 Å². The molecule has 1 aliphatic rings. The van der Waals surface area contributed by atoms with Crippen LogP contribution in [-0.4, -0.2) is 60.5 Å². The molecule has 1 aliphatic heterocycles. The molecule has 220 valence electrons. The Bertz CT molecular complexity index is 1940. The van der Waals surface area contributed by atoms with Crippen LogP contribution >= 0.6 is 0 Å². The maximum Gasteiger partial charge on any atom is 0.272 e. The number of aromatic amines is 1. The summed E-state index contributed by atoms with van der Waals surface area (Å²) in [6.07, 6.45) is 0. The number of aryl methyl sites for hydroxylation is 1. The highest BCUT2D eigenvalue weighted by atomic mass is 16.5. The van der Waals surface area contributed by atoms with Gasteiger partial charge in [0.25, 0.3) is 5.56 Å². The topological polar surface area (TPSA) is 116 Å². The van der Waals surface area contributed by atoms with Crippen LogP contribution in [-0.2, 0) is 11.3 Å². The molecule has 1 N–H and O–H groups in total. The molecule has 5 aromatic rings. The van der Waals surface area contributed by atoms with Crippen LogP contribution in [0.3, 0.4) is 0 Å². The van der Waals surface area contributed by atoms with Crippen LogP contribution in [0, 0.1) is 6.92 Å². The van der Waals surface area contributed by atoms with E-state index in [1.165, 1.54) is 0 Å². The van der Waals surface area contributed by atoms with Crippen LogP contribution in [0.25, 0.3) is 32.9 Å². The number of aromatic nitrogens is 3. The largest absolute Gasteiger partial charge is 0.497 e. The van der Waals surface area contributed by atoms with Crippen molar-refractivity contribution in [2.24, 2.45) is 0 Å². The number of nitrogens with zero attached hydrogens (tertiary/aromatic N) is 3. The number of hydrogen-bond donors (Lipinski definition) is 1. The van der Waals surface area contributed by atoms with E-state index in [1.54, 1.807) is 38.4 Å². The lowest BCUT2D eigenvalue weighted by atomic mass is 9.99. The molecule has 0 radical (unpaired) electrons. The van der Waals surface area contributed by atoms with E-state index in [9.17, 15) is 9.59 Å². The van der Waals surface area contributed by atoms with Crippen LogP contribution < -0.4 is 24.5 Å². The highest BCUT2D eigenvalue weighted by molar-refractivity contribution is 5.92. The Morgan fingerprint density at radius 2 is 1.74 bits per heavy atom. The highest BCUT2D eigenvalue weighted by Gasteiger charge is 2.29. The Morgan fingerprint density at radius 3 is 2.49 bits per heavy atom. The number of carbonyl (C=O) groups excluding carboxylic acids is 1. The fourth-order valence-electron chi connectivity index (χ4n) is 5.68. The van der Waals surface area contributed by atoms with Gasteiger partial charge in [-0.15, -0.1) is 0 Å². The van der Waals surface area contributed by atoms with E-state index in [-0.39, 0.29) is 11.5 Å². The Kier molecular flexibility index (Phi) is 7.35. The fraction of sp³-hybridized carbons (Fsp3) is 0.273. The lowest BCUT2D eigenvalue weighted by Gasteiger charge is -2.24. The third kappa shape index (κ3) is 4.98. The number of pyridine rings is 1. The number of methoxy groups -OCH3 is 3. The number of fused-ring (bicyclic) bond motifs is 3. The van der Waals surface area contributed by atoms with Crippen LogP contribution in [0.1, 0.15) is 29.7 Å². The first kappa shape index (κ1) is 28.0. The second-order valence-electron chi connectivity index (χ2n) is 10.5. The van der Waals surface area contributed by atoms with Crippen molar-refractivity contribution in [2.45, 2.75) is 26.3 Å². The van der Waals surface area contributed by atoms with Gasteiger partial charge in [0.05, 0.1) is 50.6 Å². The van der Waals surface area contributed by atoms with Crippen molar-refractivity contribution in [2.75, 3.05) is 34.5 Å². The Labute approximate surface area is 248 Å². The summed E-state index contributed by atoms with van der Waals surface area (Å²) >= 11 is 0. The van der Waals surface area contributed by atoms with Gasteiger partial charge in [-0.05, 0) is 49.7 Å². The van der Waals surface area contributed by atoms with E-state index >= 15 is 0 Å². The number of carbonyl (C=O) groups is 1. The Balaban J connectivity index is 1.39. The number of benzene rings is 3. The second-order valence-corrected chi connectivity index (χ2v) is 10.5. The molecule has 3 aromatic carbocycles. The summed E-state index contributed by atoms with van der Waals surface area (Å²) < 4.78 is 23.0. The smallest absolute Gasteiger partial charge is 0.272 e. The average molecular weight is 581 g/mol. The van der Waals surface area contributed by atoms with Crippen LogP contribution in [0.2, 0.25) is 0 Å². The summed E-state index contributed by atoms with van der Waals surface area (Å²) in [5, 5.41) is 8.90. The first-order chi connectivity index (χ1) is 20.8. The summed E-state index contributed by atoms with van der Waals surface area (Å²) in [4.78, 5) is 32.9. The zero-order valence-electron chi connectivity index (χ0n) is 24.7. The molecule has 1 atom stereocenters. The van der Waals surface area contributed by atoms with Crippen LogP contribution in [0.5, 0.6) is 23.0 Å². The predicted octanol–water partition coefficient (Wildman–Crippen LogP) is 5.00. The van der Waals surface area contributed by atoms with Gasteiger partial charge in [-0.25, -0.2) is 10.1 Å². The second kappa shape index (κ2) is 11.3. The van der Waals surface area contributed by atoms with Gasteiger partial charge in [0, 0.05) is 34.5 Å². The molecule has 0 unspecified atom stereocenters. The first-order valence-electron chi connectivity index (χ1n) is 14.0. The average Bonchev–Trinajstić information content (AvgIpc) is 3.26. The number of hydrogen-bond acceptors (Lipinski definition) is 8. The van der Waals surface area contributed by atoms with E-state index < -0.39 is 5.92 Å². The molecule has 0 aliphatic carbocycles. The van der Waals surface area contributed by atoms with Crippen molar-refractivity contribution in [1.29, 1.82) is 0 Å². The van der Waals surface area contributed by atoms with Gasteiger partial charge >= 0.3 is 0 Å². The minimum atomic E-state index is -0.595. The van der Waals surface area contributed by atoms with Gasteiger partial charge in [-0.2, -0.15) is 5.10 Å². The minimum Gasteiger partial charge on any atom is -0.497 e.